The standard InChI is InChI=1S/C20H27N5O3/c1-20(2,3)14-8-6-13(7-9-14)12-25-15-16(22-18(25)21-10-11-26)23(4)19(28)24(5)17(15)27/h6-9,26H,10-12H2,1-5H3,(H,21,22). The molecule has 8 heteroatoms. The molecule has 0 unspecified atom stereocenters. The summed E-state index contributed by atoms with van der Waals surface area (Å²) in [5.74, 6) is 0.447. The van der Waals surface area contributed by atoms with Gasteiger partial charge in [0.2, 0.25) is 5.95 Å². The predicted octanol–water partition coefficient (Wildman–Crippen LogP) is 1.18. The van der Waals surface area contributed by atoms with Crippen molar-refractivity contribution in [3.63, 3.8) is 0 Å². The molecule has 0 saturated heterocycles. The fourth-order valence-corrected chi connectivity index (χ4v) is 3.20. The molecule has 0 fully saturated rings. The summed E-state index contributed by atoms with van der Waals surface area (Å²) in [7, 11) is 3.05. The van der Waals surface area contributed by atoms with E-state index in [2.05, 4.69) is 43.2 Å². The lowest BCUT2D eigenvalue weighted by Crippen LogP contribution is -2.37. The molecule has 0 spiro atoms. The van der Waals surface area contributed by atoms with Crippen LogP contribution in [-0.4, -0.2) is 36.9 Å². The van der Waals surface area contributed by atoms with E-state index < -0.39 is 11.2 Å². The first-order valence-corrected chi connectivity index (χ1v) is 9.25. The van der Waals surface area contributed by atoms with Crippen molar-refractivity contribution in [2.24, 2.45) is 14.1 Å². The Hall–Kier alpha value is -2.87. The van der Waals surface area contributed by atoms with Crippen LogP contribution in [0, 0.1) is 0 Å². The van der Waals surface area contributed by atoms with E-state index in [1.165, 1.54) is 17.2 Å². The molecular weight excluding hydrogens is 358 g/mol. The third-order valence-electron chi connectivity index (χ3n) is 4.90. The normalized spacial score (nSPS) is 11.9. The highest BCUT2D eigenvalue weighted by atomic mass is 16.3. The molecule has 1 aromatic carbocycles. The average Bonchev–Trinajstić information content (AvgIpc) is 3.01. The second-order valence-corrected chi connectivity index (χ2v) is 8.00. The molecule has 3 aromatic rings. The quantitative estimate of drug-likeness (QED) is 0.688. The molecule has 28 heavy (non-hydrogen) atoms. The van der Waals surface area contributed by atoms with E-state index >= 15 is 0 Å². The van der Waals surface area contributed by atoms with Crippen molar-refractivity contribution in [1.29, 1.82) is 0 Å². The first kappa shape index (κ1) is 19.9. The molecule has 3 rings (SSSR count). The smallest absolute Gasteiger partial charge is 0.332 e. The summed E-state index contributed by atoms with van der Waals surface area (Å²) in [6.07, 6.45) is 0. The number of aromatic nitrogens is 4. The molecule has 150 valence electrons. The maximum Gasteiger partial charge on any atom is 0.332 e. The van der Waals surface area contributed by atoms with Gasteiger partial charge in [-0.15, -0.1) is 0 Å². The molecule has 0 saturated carbocycles. The van der Waals surface area contributed by atoms with Gasteiger partial charge in [-0.05, 0) is 16.5 Å². The van der Waals surface area contributed by atoms with Gasteiger partial charge in [0.25, 0.3) is 5.56 Å². The largest absolute Gasteiger partial charge is 0.395 e. The van der Waals surface area contributed by atoms with E-state index in [9.17, 15) is 9.59 Å². The van der Waals surface area contributed by atoms with Crippen molar-refractivity contribution in [2.75, 3.05) is 18.5 Å². The number of aliphatic hydroxyl groups is 1. The molecule has 0 radical (unpaired) electrons. The Bertz CT molecular complexity index is 1110. The molecule has 2 N–H and O–H groups in total. The predicted molar refractivity (Wildman–Crippen MR) is 110 cm³/mol. The summed E-state index contributed by atoms with van der Waals surface area (Å²) in [6, 6.07) is 8.25. The second-order valence-electron chi connectivity index (χ2n) is 8.00. The van der Waals surface area contributed by atoms with E-state index in [4.69, 9.17) is 5.11 Å². The molecule has 2 aromatic heterocycles. The Balaban J connectivity index is 2.15. The Kier molecular flexibility index (Phi) is 5.16. The third-order valence-corrected chi connectivity index (χ3v) is 4.90. The number of fused-ring (bicyclic) bond motifs is 1. The van der Waals surface area contributed by atoms with Crippen LogP contribution in [0.3, 0.4) is 0 Å². The van der Waals surface area contributed by atoms with Gasteiger partial charge in [-0.3, -0.25) is 18.5 Å². The van der Waals surface area contributed by atoms with Gasteiger partial charge in [0.05, 0.1) is 13.2 Å². The van der Waals surface area contributed by atoms with Crippen LogP contribution in [0.4, 0.5) is 5.95 Å². The highest BCUT2D eigenvalue weighted by Crippen LogP contribution is 2.23. The van der Waals surface area contributed by atoms with E-state index in [1.54, 1.807) is 11.6 Å². The molecule has 0 atom stereocenters. The minimum absolute atomic E-state index is 0.0578. The molecule has 0 amide bonds. The zero-order valence-corrected chi connectivity index (χ0v) is 17.0. The highest BCUT2D eigenvalue weighted by molar-refractivity contribution is 5.74. The number of hydrogen-bond donors (Lipinski definition) is 2. The van der Waals surface area contributed by atoms with E-state index in [0.29, 0.717) is 30.2 Å². The summed E-state index contributed by atoms with van der Waals surface area (Å²) in [4.78, 5) is 29.5. The summed E-state index contributed by atoms with van der Waals surface area (Å²) in [5, 5.41) is 12.2. The van der Waals surface area contributed by atoms with Crippen molar-refractivity contribution >= 4 is 17.1 Å². The first-order valence-electron chi connectivity index (χ1n) is 9.25. The van der Waals surface area contributed by atoms with Crippen LogP contribution in [0.5, 0.6) is 0 Å². The number of aliphatic hydroxyl groups excluding tert-OH is 1. The zero-order valence-electron chi connectivity index (χ0n) is 17.0. The van der Waals surface area contributed by atoms with Gasteiger partial charge in [0.1, 0.15) is 0 Å². The van der Waals surface area contributed by atoms with Gasteiger partial charge in [-0.25, -0.2) is 4.79 Å². The third kappa shape index (κ3) is 3.47. The molecule has 0 aliphatic carbocycles. The Morgan fingerprint density at radius 1 is 1.07 bits per heavy atom. The fraction of sp³-hybridized carbons (Fsp3) is 0.450. The first-order chi connectivity index (χ1) is 13.1. The van der Waals surface area contributed by atoms with Crippen LogP contribution < -0.4 is 16.6 Å². The summed E-state index contributed by atoms with van der Waals surface area (Å²) >= 11 is 0. The zero-order chi connectivity index (χ0) is 20.6. The summed E-state index contributed by atoms with van der Waals surface area (Å²) in [5.41, 5.74) is 2.14. The van der Waals surface area contributed by atoms with Crippen molar-refractivity contribution in [2.45, 2.75) is 32.7 Å². The minimum atomic E-state index is -0.426. The van der Waals surface area contributed by atoms with Crippen molar-refractivity contribution in [3.8, 4) is 0 Å². The molecule has 0 bridgehead atoms. The van der Waals surface area contributed by atoms with Crippen molar-refractivity contribution < 1.29 is 5.11 Å². The van der Waals surface area contributed by atoms with Gasteiger partial charge in [-0.2, -0.15) is 4.98 Å². The van der Waals surface area contributed by atoms with Crippen molar-refractivity contribution in [1.82, 2.24) is 18.7 Å². The van der Waals surface area contributed by atoms with Crippen molar-refractivity contribution in [3.05, 3.63) is 56.2 Å². The van der Waals surface area contributed by atoms with Crippen LogP contribution in [0.2, 0.25) is 0 Å². The molecule has 0 aliphatic heterocycles. The Morgan fingerprint density at radius 3 is 2.29 bits per heavy atom. The lowest BCUT2D eigenvalue weighted by molar-refractivity contribution is 0.310. The second kappa shape index (κ2) is 7.27. The maximum absolute atomic E-state index is 12.8. The van der Waals surface area contributed by atoms with E-state index in [1.807, 2.05) is 12.1 Å². The number of imidazole rings is 1. The number of anilines is 1. The van der Waals surface area contributed by atoms with E-state index in [-0.39, 0.29) is 12.0 Å². The van der Waals surface area contributed by atoms with E-state index in [0.717, 1.165) is 10.1 Å². The van der Waals surface area contributed by atoms with Crippen LogP contribution in [0.25, 0.3) is 11.2 Å². The number of aryl methyl sites for hydroxylation is 1. The van der Waals surface area contributed by atoms with Crippen LogP contribution in [-0.2, 0) is 26.1 Å². The van der Waals surface area contributed by atoms with Gasteiger partial charge < -0.3 is 10.4 Å². The summed E-state index contributed by atoms with van der Waals surface area (Å²) in [6.45, 7) is 7.12. The van der Waals surface area contributed by atoms with Crippen LogP contribution in [0.1, 0.15) is 31.9 Å². The van der Waals surface area contributed by atoms with Crippen LogP contribution in [0.15, 0.2) is 33.9 Å². The number of rotatable bonds is 5. The molecule has 8 nitrogen and oxygen atoms in total. The highest BCUT2D eigenvalue weighted by Gasteiger charge is 2.19. The minimum Gasteiger partial charge on any atom is -0.395 e. The topological polar surface area (TPSA) is 94.1 Å². The van der Waals surface area contributed by atoms with Gasteiger partial charge >= 0.3 is 5.69 Å². The average molecular weight is 385 g/mol. The lowest BCUT2D eigenvalue weighted by atomic mass is 9.87. The number of nitrogens with zero attached hydrogens (tertiary/aromatic N) is 4. The monoisotopic (exact) mass is 385 g/mol. The molecule has 0 aliphatic rings. The SMILES string of the molecule is Cn1c(=O)c2c(nc(NCCO)n2Cc2ccc(C(C)(C)C)cc2)n(C)c1=O. The Morgan fingerprint density at radius 2 is 1.71 bits per heavy atom. The molecule has 2 heterocycles. The number of hydrogen-bond acceptors (Lipinski definition) is 5. The van der Waals surface area contributed by atoms with Crippen LogP contribution >= 0.6 is 0 Å². The Labute approximate surface area is 163 Å². The van der Waals surface area contributed by atoms with Gasteiger partial charge in [-0.1, -0.05) is 45.0 Å². The number of nitrogens with one attached hydrogen (secondary N) is 1. The maximum atomic E-state index is 12.8. The fourth-order valence-electron chi connectivity index (χ4n) is 3.20. The number of benzene rings is 1. The van der Waals surface area contributed by atoms with Gasteiger partial charge in [0, 0.05) is 20.6 Å². The lowest BCUT2D eigenvalue weighted by Gasteiger charge is -2.19. The van der Waals surface area contributed by atoms with Gasteiger partial charge in [0.15, 0.2) is 11.2 Å². The molecular formula is C20H27N5O3. The summed E-state index contributed by atoms with van der Waals surface area (Å²) < 4.78 is 4.21.